The molecule has 0 amide bonds. The van der Waals surface area contributed by atoms with E-state index in [1.54, 1.807) is 11.3 Å². The Morgan fingerprint density at radius 1 is 0.794 bits per heavy atom. The summed E-state index contributed by atoms with van der Waals surface area (Å²) >= 11 is 5.41. The average molecular weight is 516 g/mol. The average Bonchev–Trinajstić information content (AvgIpc) is 3.68. The number of thioether (sulfide) groups is 1. The molecular formula is C24H31N6OS3+. The lowest BCUT2D eigenvalue weighted by Gasteiger charge is -2.26. The zero-order chi connectivity index (χ0) is 22.7. The van der Waals surface area contributed by atoms with Gasteiger partial charge in [-0.05, 0) is 43.5 Å². The van der Waals surface area contributed by atoms with E-state index in [0.29, 0.717) is 0 Å². The van der Waals surface area contributed by atoms with Crippen molar-refractivity contribution in [3.63, 3.8) is 0 Å². The summed E-state index contributed by atoms with van der Waals surface area (Å²) in [4.78, 5) is 23.0. The van der Waals surface area contributed by atoms with Gasteiger partial charge in [-0.25, -0.2) is 9.97 Å². The molecule has 3 saturated heterocycles. The third-order valence-corrected chi connectivity index (χ3v) is 9.98. The summed E-state index contributed by atoms with van der Waals surface area (Å²) in [6.45, 7) is 7.81. The summed E-state index contributed by atoms with van der Waals surface area (Å²) in [6, 6.07) is 0. The second-order valence-corrected chi connectivity index (χ2v) is 12.1. The van der Waals surface area contributed by atoms with Gasteiger partial charge in [-0.2, -0.15) is 0 Å². The normalized spacial score (nSPS) is 23.2. The Balaban J connectivity index is 1.35. The summed E-state index contributed by atoms with van der Waals surface area (Å²) in [6.07, 6.45) is 13.9. The maximum Gasteiger partial charge on any atom is 0.359 e. The van der Waals surface area contributed by atoms with Crippen LogP contribution in [0, 0.1) is 0 Å². The first-order chi connectivity index (χ1) is 16.8. The number of ether oxygens (including phenoxy) is 1. The van der Waals surface area contributed by atoms with Crippen molar-refractivity contribution in [1.29, 1.82) is 0 Å². The molecule has 2 aromatic rings. The van der Waals surface area contributed by atoms with Crippen LogP contribution in [0.5, 0.6) is 0 Å². The van der Waals surface area contributed by atoms with Crippen LogP contribution in [0.4, 0.5) is 10.3 Å². The number of piperidine rings is 2. The fourth-order valence-corrected chi connectivity index (χ4v) is 8.19. The van der Waals surface area contributed by atoms with Crippen molar-refractivity contribution in [2.45, 2.75) is 38.5 Å². The van der Waals surface area contributed by atoms with Crippen LogP contribution in [0.1, 0.15) is 48.3 Å². The Morgan fingerprint density at radius 2 is 1.41 bits per heavy atom. The molecule has 0 atom stereocenters. The Kier molecular flexibility index (Phi) is 6.99. The van der Waals surface area contributed by atoms with Gasteiger partial charge >= 0.3 is 5.17 Å². The van der Waals surface area contributed by atoms with Crippen molar-refractivity contribution < 1.29 is 9.31 Å². The fourth-order valence-electron chi connectivity index (χ4n) is 4.87. The number of hydrogen-bond acceptors (Lipinski definition) is 8. The number of aromatic nitrogens is 2. The molecule has 0 aromatic carbocycles. The SMILES string of the molecule is C1=NC(=[N+]2CCCCC2)SC1=C(c1cnc(N2CCCCC2)s1)c1cnc(N2CCOCC2)s1. The maximum atomic E-state index is 5.54. The minimum Gasteiger partial charge on any atom is -0.378 e. The Labute approximate surface area is 213 Å². The smallest absolute Gasteiger partial charge is 0.359 e. The quantitative estimate of drug-likeness (QED) is 0.557. The molecule has 10 heteroatoms. The van der Waals surface area contributed by atoms with Gasteiger partial charge in [0.2, 0.25) is 0 Å². The topological polar surface area (TPSA) is 56.9 Å². The second kappa shape index (κ2) is 10.5. The Bertz CT molecular complexity index is 1040. The van der Waals surface area contributed by atoms with E-state index in [4.69, 9.17) is 19.7 Å². The van der Waals surface area contributed by atoms with Crippen molar-refractivity contribution in [2.75, 3.05) is 62.3 Å². The molecule has 0 spiro atoms. The summed E-state index contributed by atoms with van der Waals surface area (Å²) in [5.74, 6) is 0. The fraction of sp³-hybridized carbons (Fsp3) is 0.583. The van der Waals surface area contributed by atoms with Gasteiger partial charge in [0.05, 0.1) is 41.0 Å². The van der Waals surface area contributed by atoms with E-state index < -0.39 is 0 Å². The first-order valence-corrected chi connectivity index (χ1v) is 14.9. The number of nitrogens with zero attached hydrogens (tertiary/aromatic N) is 6. The van der Waals surface area contributed by atoms with Crippen LogP contribution in [-0.4, -0.2) is 78.4 Å². The molecule has 2 aromatic heterocycles. The van der Waals surface area contributed by atoms with E-state index in [-0.39, 0.29) is 0 Å². The Morgan fingerprint density at radius 3 is 2.09 bits per heavy atom. The highest BCUT2D eigenvalue weighted by Gasteiger charge is 2.30. The number of rotatable bonds is 4. The maximum absolute atomic E-state index is 5.54. The number of hydrogen-bond donors (Lipinski definition) is 0. The molecule has 4 aliphatic heterocycles. The minimum absolute atomic E-state index is 0.771. The first-order valence-electron chi connectivity index (χ1n) is 12.4. The standard InChI is InChI=1S/C24H31N6OS3/c1-3-7-28(8-4-1)22-25-15-18(32-22)21(19-16-26-23(33-19)29-9-5-2-6-10-29)20-17-27-24(34-20)30-11-13-31-14-12-30/h15-17H,1-14H2/q+1. The lowest BCUT2D eigenvalue weighted by atomic mass is 10.1. The van der Waals surface area contributed by atoms with Crippen LogP contribution in [0.3, 0.4) is 0 Å². The molecule has 0 saturated carbocycles. The number of allylic oxidation sites excluding steroid dienone is 1. The number of aliphatic imine (C=N–C) groups is 1. The van der Waals surface area contributed by atoms with Gasteiger partial charge in [0.1, 0.15) is 0 Å². The summed E-state index contributed by atoms with van der Waals surface area (Å²) in [5, 5.41) is 3.37. The second-order valence-electron chi connectivity index (χ2n) is 9.09. The summed E-state index contributed by atoms with van der Waals surface area (Å²) in [7, 11) is 0. The monoisotopic (exact) mass is 515 g/mol. The van der Waals surface area contributed by atoms with Crippen molar-refractivity contribution in [3.05, 3.63) is 27.1 Å². The van der Waals surface area contributed by atoms with Gasteiger partial charge in [0.15, 0.2) is 16.5 Å². The zero-order valence-electron chi connectivity index (χ0n) is 19.4. The highest BCUT2D eigenvalue weighted by atomic mass is 32.2. The predicted octanol–water partition coefficient (Wildman–Crippen LogP) is 4.56. The van der Waals surface area contributed by atoms with E-state index in [9.17, 15) is 0 Å². The predicted molar refractivity (Wildman–Crippen MR) is 144 cm³/mol. The first kappa shape index (κ1) is 22.7. The van der Waals surface area contributed by atoms with E-state index in [2.05, 4.69) is 26.8 Å². The van der Waals surface area contributed by atoms with Crippen LogP contribution in [-0.2, 0) is 4.74 Å². The molecule has 0 unspecified atom stereocenters. The zero-order valence-corrected chi connectivity index (χ0v) is 21.9. The third kappa shape index (κ3) is 4.82. The molecule has 0 radical (unpaired) electrons. The van der Waals surface area contributed by atoms with Crippen LogP contribution in [0.2, 0.25) is 0 Å². The van der Waals surface area contributed by atoms with Gasteiger partial charge in [0, 0.05) is 55.9 Å². The molecule has 4 aliphatic rings. The highest BCUT2D eigenvalue weighted by Crippen LogP contribution is 2.42. The van der Waals surface area contributed by atoms with Crippen molar-refractivity contribution in [1.82, 2.24) is 9.97 Å². The van der Waals surface area contributed by atoms with E-state index in [1.165, 1.54) is 58.8 Å². The number of anilines is 2. The van der Waals surface area contributed by atoms with Crippen molar-refractivity contribution in [2.24, 2.45) is 4.99 Å². The highest BCUT2D eigenvalue weighted by molar-refractivity contribution is 8.18. The van der Waals surface area contributed by atoms with Crippen LogP contribution in [0.25, 0.3) is 5.57 Å². The molecule has 180 valence electrons. The molecule has 0 bridgehead atoms. The summed E-state index contributed by atoms with van der Waals surface area (Å²) in [5.41, 5.74) is 1.23. The molecule has 7 nitrogen and oxygen atoms in total. The molecule has 3 fully saturated rings. The van der Waals surface area contributed by atoms with Crippen LogP contribution < -0.4 is 9.80 Å². The molecule has 6 rings (SSSR count). The van der Waals surface area contributed by atoms with Crippen LogP contribution >= 0.6 is 34.4 Å². The van der Waals surface area contributed by atoms with Gasteiger partial charge in [0.25, 0.3) is 0 Å². The molecular weight excluding hydrogens is 485 g/mol. The molecule has 0 N–H and O–H groups in total. The van der Waals surface area contributed by atoms with E-state index in [1.807, 2.05) is 29.3 Å². The van der Waals surface area contributed by atoms with E-state index in [0.717, 1.165) is 67.9 Å². The minimum atomic E-state index is 0.771. The van der Waals surface area contributed by atoms with E-state index >= 15 is 0 Å². The number of thiazole rings is 2. The van der Waals surface area contributed by atoms with Gasteiger partial charge in [-0.1, -0.05) is 22.7 Å². The summed E-state index contributed by atoms with van der Waals surface area (Å²) < 4.78 is 7.99. The lowest BCUT2D eigenvalue weighted by Crippen LogP contribution is -2.36. The van der Waals surface area contributed by atoms with Crippen molar-refractivity contribution in [3.8, 4) is 0 Å². The molecule has 34 heavy (non-hydrogen) atoms. The number of morpholine rings is 1. The van der Waals surface area contributed by atoms with Crippen LogP contribution in [0.15, 0.2) is 22.3 Å². The number of amidine groups is 1. The Hall–Kier alpha value is -1.75. The van der Waals surface area contributed by atoms with Gasteiger partial charge < -0.3 is 14.5 Å². The van der Waals surface area contributed by atoms with Gasteiger partial charge in [-0.3, -0.25) is 4.58 Å². The molecule has 6 heterocycles. The molecule has 0 aliphatic carbocycles. The largest absolute Gasteiger partial charge is 0.378 e. The lowest BCUT2D eigenvalue weighted by molar-refractivity contribution is -0.535. The van der Waals surface area contributed by atoms with Gasteiger partial charge in [-0.15, -0.1) is 0 Å². The third-order valence-electron chi connectivity index (χ3n) is 6.75. The van der Waals surface area contributed by atoms with Crippen molar-refractivity contribution >= 4 is 61.7 Å².